The lowest BCUT2D eigenvalue weighted by molar-refractivity contribution is 0.397. The van der Waals surface area contributed by atoms with Crippen LogP contribution in [0, 0.1) is 5.82 Å². The normalized spacial score (nSPS) is 10.3. The van der Waals surface area contributed by atoms with Crippen molar-refractivity contribution >= 4 is 0 Å². The molecule has 18 heavy (non-hydrogen) atoms. The van der Waals surface area contributed by atoms with Gasteiger partial charge in [0.1, 0.15) is 5.82 Å². The molecule has 0 saturated heterocycles. The predicted octanol–water partition coefficient (Wildman–Crippen LogP) is 2.52. The first-order valence-corrected chi connectivity index (χ1v) is 5.72. The van der Waals surface area contributed by atoms with Gasteiger partial charge in [-0.15, -0.1) is 0 Å². The number of rotatable bonds is 5. The molecule has 1 heterocycles. The Kier molecular flexibility index (Phi) is 4.25. The fraction of sp³-hybridized carbons (Fsp3) is 0.214. The Morgan fingerprint density at radius 1 is 1.22 bits per heavy atom. The second kappa shape index (κ2) is 6.12. The Morgan fingerprint density at radius 3 is 2.83 bits per heavy atom. The molecule has 0 bridgehead atoms. The number of ether oxygens (including phenoxy) is 1. The van der Waals surface area contributed by atoms with Crippen molar-refractivity contribution in [1.82, 2.24) is 10.3 Å². The van der Waals surface area contributed by atoms with Crippen molar-refractivity contribution in [2.75, 3.05) is 7.11 Å². The van der Waals surface area contributed by atoms with Crippen LogP contribution in [0.2, 0.25) is 0 Å². The highest BCUT2D eigenvalue weighted by Gasteiger charge is 2.00. The van der Waals surface area contributed by atoms with E-state index in [1.54, 1.807) is 25.4 Å². The molecular formula is C14H15FN2O. The highest BCUT2D eigenvalue weighted by atomic mass is 19.1. The zero-order valence-corrected chi connectivity index (χ0v) is 10.2. The summed E-state index contributed by atoms with van der Waals surface area (Å²) in [5, 5.41) is 3.19. The maximum atomic E-state index is 13.4. The van der Waals surface area contributed by atoms with Gasteiger partial charge in [0, 0.05) is 30.9 Å². The zero-order valence-electron chi connectivity index (χ0n) is 10.2. The summed E-state index contributed by atoms with van der Waals surface area (Å²) in [6.45, 7) is 1.14. The maximum Gasteiger partial charge on any atom is 0.213 e. The van der Waals surface area contributed by atoms with Crippen LogP contribution < -0.4 is 10.1 Å². The molecule has 0 atom stereocenters. The standard InChI is InChI=1S/C14H15FN2O/c1-18-14-8-11(6-7-17-14)9-16-10-12-4-2-3-5-13(12)15/h2-8,16H,9-10H2,1H3. The molecule has 1 aromatic heterocycles. The number of benzene rings is 1. The van der Waals surface area contributed by atoms with Gasteiger partial charge < -0.3 is 10.1 Å². The molecule has 1 N–H and O–H groups in total. The fourth-order valence-corrected chi connectivity index (χ4v) is 1.66. The topological polar surface area (TPSA) is 34.1 Å². The lowest BCUT2D eigenvalue weighted by Crippen LogP contribution is -2.13. The SMILES string of the molecule is COc1cc(CNCc2ccccc2F)ccn1. The summed E-state index contributed by atoms with van der Waals surface area (Å²) in [7, 11) is 1.58. The van der Waals surface area contributed by atoms with Crippen LogP contribution in [0.4, 0.5) is 4.39 Å². The quantitative estimate of drug-likeness (QED) is 0.880. The molecule has 4 heteroatoms. The van der Waals surface area contributed by atoms with Crippen LogP contribution in [-0.4, -0.2) is 12.1 Å². The highest BCUT2D eigenvalue weighted by Crippen LogP contribution is 2.09. The van der Waals surface area contributed by atoms with Crippen molar-refractivity contribution in [3.63, 3.8) is 0 Å². The summed E-state index contributed by atoms with van der Waals surface area (Å²) in [6.07, 6.45) is 1.69. The summed E-state index contributed by atoms with van der Waals surface area (Å²) in [5.74, 6) is 0.400. The zero-order chi connectivity index (χ0) is 12.8. The first-order chi connectivity index (χ1) is 8.79. The van der Waals surface area contributed by atoms with Gasteiger partial charge in [-0.25, -0.2) is 9.37 Å². The third-order valence-corrected chi connectivity index (χ3v) is 2.61. The van der Waals surface area contributed by atoms with E-state index in [0.717, 1.165) is 5.56 Å². The summed E-state index contributed by atoms with van der Waals surface area (Å²) < 4.78 is 18.4. The summed E-state index contributed by atoms with van der Waals surface area (Å²) >= 11 is 0. The maximum absolute atomic E-state index is 13.4. The predicted molar refractivity (Wildman–Crippen MR) is 67.7 cm³/mol. The fourth-order valence-electron chi connectivity index (χ4n) is 1.66. The molecule has 0 aliphatic carbocycles. The van der Waals surface area contributed by atoms with Crippen LogP contribution in [0.3, 0.4) is 0 Å². The molecule has 94 valence electrons. The smallest absolute Gasteiger partial charge is 0.213 e. The van der Waals surface area contributed by atoms with E-state index in [1.807, 2.05) is 18.2 Å². The van der Waals surface area contributed by atoms with E-state index >= 15 is 0 Å². The summed E-state index contributed by atoms with van der Waals surface area (Å²) in [4.78, 5) is 4.03. The Morgan fingerprint density at radius 2 is 2.06 bits per heavy atom. The first kappa shape index (κ1) is 12.5. The van der Waals surface area contributed by atoms with Gasteiger partial charge in [0.2, 0.25) is 5.88 Å². The van der Waals surface area contributed by atoms with Crippen molar-refractivity contribution in [3.05, 3.63) is 59.5 Å². The van der Waals surface area contributed by atoms with Gasteiger partial charge in [0.25, 0.3) is 0 Å². The number of nitrogens with zero attached hydrogens (tertiary/aromatic N) is 1. The van der Waals surface area contributed by atoms with Gasteiger partial charge >= 0.3 is 0 Å². The van der Waals surface area contributed by atoms with E-state index in [1.165, 1.54) is 6.07 Å². The molecule has 2 aromatic rings. The van der Waals surface area contributed by atoms with Crippen LogP contribution in [0.5, 0.6) is 5.88 Å². The number of halogens is 1. The first-order valence-electron chi connectivity index (χ1n) is 5.72. The molecule has 0 aliphatic rings. The van der Waals surface area contributed by atoms with Gasteiger partial charge in [-0.05, 0) is 17.7 Å². The number of nitrogens with one attached hydrogen (secondary N) is 1. The number of pyridine rings is 1. The van der Waals surface area contributed by atoms with Crippen LogP contribution in [0.1, 0.15) is 11.1 Å². The minimum Gasteiger partial charge on any atom is -0.481 e. The molecule has 0 fully saturated rings. The molecule has 1 aromatic carbocycles. The Balaban J connectivity index is 1.90. The van der Waals surface area contributed by atoms with Crippen LogP contribution >= 0.6 is 0 Å². The molecule has 2 rings (SSSR count). The Labute approximate surface area is 106 Å². The van der Waals surface area contributed by atoms with E-state index in [2.05, 4.69) is 10.3 Å². The summed E-state index contributed by atoms with van der Waals surface area (Å²) in [6, 6.07) is 10.5. The van der Waals surface area contributed by atoms with Crippen molar-refractivity contribution in [2.45, 2.75) is 13.1 Å². The van der Waals surface area contributed by atoms with E-state index in [0.29, 0.717) is 24.5 Å². The monoisotopic (exact) mass is 246 g/mol. The lowest BCUT2D eigenvalue weighted by atomic mass is 10.2. The number of hydrogen-bond donors (Lipinski definition) is 1. The van der Waals surface area contributed by atoms with Gasteiger partial charge in [0.15, 0.2) is 0 Å². The van der Waals surface area contributed by atoms with E-state index in [-0.39, 0.29) is 5.82 Å². The minimum absolute atomic E-state index is 0.183. The Hall–Kier alpha value is -1.94. The lowest BCUT2D eigenvalue weighted by Gasteiger charge is -2.07. The molecule has 0 radical (unpaired) electrons. The molecule has 0 spiro atoms. The van der Waals surface area contributed by atoms with E-state index in [4.69, 9.17) is 4.74 Å². The van der Waals surface area contributed by atoms with Gasteiger partial charge in [-0.1, -0.05) is 18.2 Å². The minimum atomic E-state index is -0.183. The summed E-state index contributed by atoms with van der Waals surface area (Å²) in [5.41, 5.74) is 1.72. The highest BCUT2D eigenvalue weighted by molar-refractivity contribution is 5.21. The van der Waals surface area contributed by atoms with Crippen molar-refractivity contribution in [1.29, 1.82) is 0 Å². The van der Waals surface area contributed by atoms with Gasteiger partial charge in [0.05, 0.1) is 7.11 Å². The Bertz CT molecular complexity index is 517. The second-order valence-corrected chi connectivity index (χ2v) is 3.90. The van der Waals surface area contributed by atoms with Crippen LogP contribution in [0.15, 0.2) is 42.6 Å². The third-order valence-electron chi connectivity index (χ3n) is 2.61. The largest absolute Gasteiger partial charge is 0.481 e. The molecule has 0 unspecified atom stereocenters. The number of methoxy groups -OCH3 is 1. The average molecular weight is 246 g/mol. The number of hydrogen-bond acceptors (Lipinski definition) is 3. The molecule has 0 saturated carbocycles. The molecule has 0 amide bonds. The van der Waals surface area contributed by atoms with Crippen molar-refractivity contribution in [2.24, 2.45) is 0 Å². The molecule has 3 nitrogen and oxygen atoms in total. The van der Waals surface area contributed by atoms with Gasteiger partial charge in [-0.2, -0.15) is 0 Å². The van der Waals surface area contributed by atoms with E-state index in [9.17, 15) is 4.39 Å². The average Bonchev–Trinajstić information content (AvgIpc) is 2.41. The third kappa shape index (κ3) is 3.28. The van der Waals surface area contributed by atoms with Crippen molar-refractivity contribution < 1.29 is 9.13 Å². The molecular weight excluding hydrogens is 231 g/mol. The van der Waals surface area contributed by atoms with Crippen molar-refractivity contribution in [3.8, 4) is 5.88 Å². The van der Waals surface area contributed by atoms with Gasteiger partial charge in [-0.3, -0.25) is 0 Å². The van der Waals surface area contributed by atoms with Crippen LogP contribution in [-0.2, 0) is 13.1 Å². The number of aromatic nitrogens is 1. The van der Waals surface area contributed by atoms with E-state index < -0.39 is 0 Å². The molecule has 0 aliphatic heterocycles. The van der Waals surface area contributed by atoms with Crippen LogP contribution in [0.25, 0.3) is 0 Å². The second-order valence-electron chi connectivity index (χ2n) is 3.90.